The first kappa shape index (κ1) is 29.3. The number of morpholine rings is 1. The Morgan fingerprint density at radius 1 is 1.15 bits per heavy atom. The number of nitrogens with zero attached hydrogens (tertiary/aromatic N) is 4. The molecule has 0 radical (unpaired) electrons. The molecule has 0 saturated carbocycles. The number of fused-ring (bicyclic) bond motifs is 1. The van der Waals surface area contributed by atoms with Crippen LogP contribution < -0.4 is 14.8 Å². The van der Waals surface area contributed by atoms with Gasteiger partial charge in [-0.25, -0.2) is 14.4 Å². The number of likely N-dealkylation sites (tertiary alicyclic amines) is 1. The lowest BCUT2D eigenvalue weighted by Gasteiger charge is -2.32. The Morgan fingerprint density at radius 2 is 1.93 bits per heavy atom. The van der Waals surface area contributed by atoms with Crippen LogP contribution >= 0.6 is 23.2 Å². The van der Waals surface area contributed by atoms with Crippen LogP contribution in [-0.4, -0.2) is 84.3 Å². The largest absolute Gasteiger partial charge is 0.490 e. The lowest BCUT2D eigenvalue weighted by atomic mass is 10.1. The third-order valence-corrected chi connectivity index (χ3v) is 7.97. The van der Waals surface area contributed by atoms with E-state index in [-0.39, 0.29) is 27.7 Å². The molecule has 2 aliphatic rings. The molecule has 2 fully saturated rings. The summed E-state index contributed by atoms with van der Waals surface area (Å²) >= 11 is 12.0. The summed E-state index contributed by atoms with van der Waals surface area (Å²) in [4.78, 5) is 24.9. The van der Waals surface area contributed by atoms with Crippen molar-refractivity contribution < 1.29 is 23.4 Å². The van der Waals surface area contributed by atoms with E-state index >= 15 is 0 Å². The maximum atomic E-state index is 14.8. The number of hydrogen-bond acceptors (Lipinski definition) is 8. The van der Waals surface area contributed by atoms with Crippen LogP contribution in [0.15, 0.2) is 43.2 Å². The van der Waals surface area contributed by atoms with Crippen LogP contribution in [0.25, 0.3) is 10.9 Å². The lowest BCUT2D eigenvalue weighted by molar-refractivity contribution is -0.127. The Kier molecular flexibility index (Phi) is 9.76. The van der Waals surface area contributed by atoms with Crippen LogP contribution in [0.1, 0.15) is 19.3 Å². The van der Waals surface area contributed by atoms with Crippen molar-refractivity contribution in [3.05, 3.63) is 59.1 Å². The summed E-state index contributed by atoms with van der Waals surface area (Å²) < 4.78 is 32.9. The molecule has 2 saturated heterocycles. The Hall–Kier alpha value is -3.18. The van der Waals surface area contributed by atoms with Crippen molar-refractivity contribution in [1.82, 2.24) is 19.8 Å². The molecule has 5 rings (SSSR count). The summed E-state index contributed by atoms with van der Waals surface area (Å²) in [5.41, 5.74) is 0.731. The summed E-state index contributed by atoms with van der Waals surface area (Å²) in [7, 11) is 0. The molecule has 0 aliphatic carbocycles. The Labute approximate surface area is 248 Å². The lowest BCUT2D eigenvalue weighted by Crippen LogP contribution is -2.41. The predicted octanol–water partition coefficient (Wildman–Crippen LogP) is 5.48. The van der Waals surface area contributed by atoms with Gasteiger partial charge in [-0.1, -0.05) is 29.8 Å². The normalized spacial score (nSPS) is 16.5. The minimum Gasteiger partial charge on any atom is -0.490 e. The first-order chi connectivity index (χ1) is 19.9. The molecule has 2 aliphatic heterocycles. The van der Waals surface area contributed by atoms with Gasteiger partial charge in [0.25, 0.3) is 0 Å². The number of carbonyl (C=O) groups is 1. The van der Waals surface area contributed by atoms with Crippen LogP contribution in [0.5, 0.6) is 11.5 Å². The molecule has 12 heteroatoms. The van der Waals surface area contributed by atoms with Crippen molar-refractivity contribution in [2.24, 2.45) is 0 Å². The van der Waals surface area contributed by atoms with E-state index in [2.05, 4.69) is 26.8 Å². The zero-order valence-corrected chi connectivity index (χ0v) is 24.1. The smallest absolute Gasteiger partial charge is 0.245 e. The average molecular weight is 605 g/mol. The van der Waals surface area contributed by atoms with Crippen molar-refractivity contribution in [3.8, 4) is 11.5 Å². The van der Waals surface area contributed by atoms with E-state index in [0.29, 0.717) is 60.8 Å². The van der Waals surface area contributed by atoms with Crippen LogP contribution in [-0.2, 0) is 9.53 Å². The van der Waals surface area contributed by atoms with Crippen molar-refractivity contribution in [1.29, 1.82) is 0 Å². The molecule has 0 bridgehead atoms. The van der Waals surface area contributed by atoms with Crippen LogP contribution in [0.4, 0.5) is 15.9 Å². The molecule has 0 unspecified atom stereocenters. The molecule has 41 heavy (non-hydrogen) atoms. The highest BCUT2D eigenvalue weighted by Gasteiger charge is 2.24. The number of halogens is 3. The highest BCUT2D eigenvalue weighted by Crippen LogP contribution is 2.38. The molecule has 0 atom stereocenters. The van der Waals surface area contributed by atoms with E-state index in [1.807, 2.05) is 12.1 Å². The molecule has 3 aromatic rings. The predicted molar refractivity (Wildman–Crippen MR) is 157 cm³/mol. The molecule has 0 spiro atoms. The Morgan fingerprint density at radius 3 is 2.68 bits per heavy atom. The fourth-order valence-electron chi connectivity index (χ4n) is 4.92. The van der Waals surface area contributed by atoms with E-state index in [0.717, 1.165) is 39.3 Å². The van der Waals surface area contributed by atoms with Crippen LogP contribution in [0.2, 0.25) is 10.0 Å². The van der Waals surface area contributed by atoms with Gasteiger partial charge in [0.2, 0.25) is 5.91 Å². The fourth-order valence-corrected chi connectivity index (χ4v) is 5.23. The number of nitrogens with one attached hydrogen (secondary N) is 1. The zero-order chi connectivity index (χ0) is 28.8. The zero-order valence-electron chi connectivity index (χ0n) is 22.6. The van der Waals surface area contributed by atoms with Gasteiger partial charge in [0.1, 0.15) is 18.2 Å². The van der Waals surface area contributed by atoms with E-state index in [4.69, 9.17) is 37.4 Å². The minimum absolute atomic E-state index is 0.0826. The number of benzene rings is 2. The van der Waals surface area contributed by atoms with Crippen molar-refractivity contribution in [3.63, 3.8) is 0 Å². The molecule has 1 amide bonds. The second-order valence-electron chi connectivity index (χ2n) is 9.89. The maximum Gasteiger partial charge on any atom is 0.245 e. The van der Waals surface area contributed by atoms with Crippen LogP contribution in [0.3, 0.4) is 0 Å². The Bertz CT molecular complexity index is 1400. The highest BCUT2D eigenvalue weighted by atomic mass is 35.5. The second-order valence-corrected chi connectivity index (χ2v) is 10.7. The second kappa shape index (κ2) is 13.7. The molecular formula is C29H32Cl2FN5O4. The number of hydrogen-bond donors (Lipinski definition) is 1. The maximum absolute atomic E-state index is 14.8. The molecule has 218 valence electrons. The van der Waals surface area contributed by atoms with Crippen LogP contribution in [0, 0.1) is 5.82 Å². The number of ether oxygens (including phenoxy) is 3. The third-order valence-electron chi connectivity index (χ3n) is 7.19. The summed E-state index contributed by atoms with van der Waals surface area (Å²) in [6, 6.07) is 6.64. The molecule has 3 heterocycles. The quantitative estimate of drug-likeness (QED) is 0.185. The molecule has 9 nitrogen and oxygen atoms in total. The molecule has 2 aromatic carbocycles. The number of rotatable bonds is 10. The minimum atomic E-state index is -0.677. The number of amides is 1. The van der Waals surface area contributed by atoms with Gasteiger partial charge < -0.3 is 24.4 Å². The summed E-state index contributed by atoms with van der Waals surface area (Å²) in [5, 5.41) is 3.58. The third kappa shape index (κ3) is 7.19. The number of anilines is 2. The van der Waals surface area contributed by atoms with Gasteiger partial charge in [0.05, 0.1) is 41.1 Å². The summed E-state index contributed by atoms with van der Waals surface area (Å²) in [6.45, 7) is 9.48. The average Bonchev–Trinajstić information content (AvgIpc) is 3.00. The van der Waals surface area contributed by atoms with Gasteiger partial charge in [0.15, 0.2) is 17.3 Å². The van der Waals surface area contributed by atoms with Gasteiger partial charge in [0, 0.05) is 57.0 Å². The number of piperidine rings is 1. The molecular weight excluding hydrogens is 572 g/mol. The standard InChI is InChI=1S/C29H32Cl2FN5O4/c1-2-26(38)37-9-6-19(7-10-37)41-25-16-20-23(17-24(25)40-13-3-8-36-11-14-39-15-12-36)33-18-34-29(20)35-22-5-4-21(30)27(31)28(22)32/h2,4-5,16-19H,1,3,6-15H2,(H,33,34,35). The summed E-state index contributed by atoms with van der Waals surface area (Å²) in [5.74, 6) is 0.714. The van der Waals surface area contributed by atoms with Crippen molar-refractivity contribution in [2.75, 3.05) is 57.9 Å². The van der Waals surface area contributed by atoms with Crippen molar-refractivity contribution >= 4 is 51.5 Å². The van der Waals surface area contributed by atoms with E-state index in [9.17, 15) is 9.18 Å². The monoisotopic (exact) mass is 603 g/mol. The van der Waals surface area contributed by atoms with Crippen molar-refractivity contribution in [2.45, 2.75) is 25.4 Å². The van der Waals surface area contributed by atoms with Gasteiger partial charge in [-0.3, -0.25) is 9.69 Å². The highest BCUT2D eigenvalue weighted by molar-refractivity contribution is 6.42. The molecule has 1 aromatic heterocycles. The number of carbonyl (C=O) groups excluding carboxylic acids is 1. The van der Waals surface area contributed by atoms with E-state index in [1.54, 1.807) is 4.90 Å². The first-order valence-electron chi connectivity index (χ1n) is 13.6. The van der Waals surface area contributed by atoms with Gasteiger partial charge in [-0.2, -0.15) is 0 Å². The van der Waals surface area contributed by atoms with E-state index in [1.165, 1.54) is 24.5 Å². The number of aromatic nitrogens is 2. The molecule has 1 N–H and O–H groups in total. The van der Waals surface area contributed by atoms with Gasteiger partial charge >= 0.3 is 0 Å². The van der Waals surface area contributed by atoms with Gasteiger partial charge in [-0.05, 0) is 30.7 Å². The summed E-state index contributed by atoms with van der Waals surface area (Å²) in [6.07, 6.45) is 4.78. The van der Waals surface area contributed by atoms with E-state index < -0.39 is 5.82 Å². The topological polar surface area (TPSA) is 89.0 Å². The first-order valence-corrected chi connectivity index (χ1v) is 14.4. The SMILES string of the molecule is C=CC(=O)N1CCC(Oc2cc3c(Nc4ccc(Cl)c(Cl)c4F)ncnc3cc2OCCCN2CCOCC2)CC1. The Balaban J connectivity index is 1.38. The van der Waals surface area contributed by atoms with Gasteiger partial charge in [-0.15, -0.1) is 0 Å². The fraction of sp³-hybridized carbons (Fsp3) is 0.414.